The Bertz CT molecular complexity index is 434. The van der Waals surface area contributed by atoms with E-state index in [1.165, 1.54) is 0 Å². The van der Waals surface area contributed by atoms with Crippen LogP contribution in [0.5, 0.6) is 5.75 Å². The number of hydrogen-bond acceptors (Lipinski definition) is 2. The van der Waals surface area contributed by atoms with E-state index in [9.17, 15) is 4.79 Å². The summed E-state index contributed by atoms with van der Waals surface area (Å²) in [5, 5.41) is 3.00. The highest BCUT2D eigenvalue weighted by Crippen LogP contribution is 2.26. The maximum Gasteiger partial charge on any atom is 0.226 e. The molecule has 1 aromatic carbocycles. The summed E-state index contributed by atoms with van der Waals surface area (Å²) in [6.45, 7) is 3.35. The Labute approximate surface area is 122 Å². The molecule has 0 bridgehead atoms. The molecule has 2 atom stereocenters. The zero-order valence-electron chi connectivity index (χ0n) is 11.2. The molecule has 0 radical (unpaired) electrons. The van der Waals surface area contributed by atoms with Crippen molar-refractivity contribution in [2.45, 2.75) is 31.0 Å². The first-order valence-corrected chi connectivity index (χ1v) is 7.71. The highest BCUT2D eigenvalue weighted by atomic mass is 79.9. The van der Waals surface area contributed by atoms with Crippen LogP contribution in [0.15, 0.2) is 24.3 Å². The molecule has 1 amide bonds. The van der Waals surface area contributed by atoms with Gasteiger partial charge in [0.25, 0.3) is 0 Å². The Morgan fingerprint density at radius 3 is 3.11 bits per heavy atom. The van der Waals surface area contributed by atoms with Gasteiger partial charge in [-0.1, -0.05) is 41.1 Å². The van der Waals surface area contributed by atoms with Crippen LogP contribution in [0.2, 0.25) is 0 Å². The van der Waals surface area contributed by atoms with Gasteiger partial charge in [0.05, 0.1) is 5.92 Å². The van der Waals surface area contributed by atoms with Crippen molar-refractivity contribution in [2.75, 3.05) is 13.2 Å². The highest BCUT2D eigenvalue weighted by molar-refractivity contribution is 9.09. The lowest BCUT2D eigenvalue weighted by Crippen LogP contribution is -2.37. The fraction of sp³-hybridized carbons (Fsp3) is 0.533. The molecule has 19 heavy (non-hydrogen) atoms. The fourth-order valence-electron chi connectivity index (χ4n) is 2.24. The average Bonchev–Trinajstić information content (AvgIpc) is 2.42. The maximum absolute atomic E-state index is 12.0. The van der Waals surface area contributed by atoms with Crippen LogP contribution in [0.3, 0.4) is 0 Å². The Morgan fingerprint density at radius 2 is 2.32 bits per heavy atom. The quantitative estimate of drug-likeness (QED) is 0.667. The molecule has 1 aliphatic rings. The number of halogens is 1. The van der Waals surface area contributed by atoms with Crippen molar-refractivity contribution in [3.63, 3.8) is 0 Å². The van der Waals surface area contributed by atoms with E-state index in [0.717, 1.165) is 37.1 Å². The number of ether oxygens (including phenoxy) is 1. The minimum absolute atomic E-state index is 0.0590. The zero-order chi connectivity index (χ0) is 13.7. The molecule has 0 saturated heterocycles. The second-order valence-electron chi connectivity index (χ2n) is 5.03. The smallest absolute Gasteiger partial charge is 0.226 e. The summed E-state index contributed by atoms with van der Waals surface area (Å²) in [6, 6.07) is 7.93. The highest BCUT2D eigenvalue weighted by Gasteiger charge is 2.25. The van der Waals surface area contributed by atoms with E-state index in [0.29, 0.717) is 11.4 Å². The van der Waals surface area contributed by atoms with Crippen LogP contribution in [-0.2, 0) is 11.2 Å². The van der Waals surface area contributed by atoms with Gasteiger partial charge >= 0.3 is 0 Å². The number of para-hydroxylation sites is 1. The first-order chi connectivity index (χ1) is 9.16. The Balaban J connectivity index is 1.79. The number of amides is 1. The van der Waals surface area contributed by atoms with Crippen LogP contribution < -0.4 is 10.1 Å². The summed E-state index contributed by atoms with van der Waals surface area (Å²) >= 11 is 3.50. The third-order valence-electron chi connectivity index (χ3n) is 3.33. The van der Waals surface area contributed by atoms with Gasteiger partial charge in [0.1, 0.15) is 12.4 Å². The van der Waals surface area contributed by atoms with Gasteiger partial charge in [0.2, 0.25) is 5.91 Å². The lowest BCUT2D eigenvalue weighted by molar-refractivity contribution is -0.126. The molecule has 1 aliphatic heterocycles. The minimum Gasteiger partial charge on any atom is -0.492 e. The van der Waals surface area contributed by atoms with Crippen molar-refractivity contribution >= 4 is 21.8 Å². The van der Waals surface area contributed by atoms with Crippen molar-refractivity contribution < 1.29 is 9.53 Å². The zero-order valence-corrected chi connectivity index (χ0v) is 12.8. The van der Waals surface area contributed by atoms with Gasteiger partial charge in [-0.3, -0.25) is 4.79 Å². The minimum atomic E-state index is -0.0590. The largest absolute Gasteiger partial charge is 0.492 e. The first kappa shape index (κ1) is 14.4. The molecule has 0 aliphatic carbocycles. The average molecular weight is 326 g/mol. The molecule has 1 heterocycles. The van der Waals surface area contributed by atoms with E-state index in [-0.39, 0.29) is 11.8 Å². The molecule has 0 saturated carbocycles. The van der Waals surface area contributed by atoms with Gasteiger partial charge < -0.3 is 10.1 Å². The van der Waals surface area contributed by atoms with Crippen molar-refractivity contribution in [1.82, 2.24) is 5.32 Å². The lowest BCUT2D eigenvalue weighted by Gasteiger charge is -2.24. The normalized spacial score (nSPS) is 19.2. The van der Waals surface area contributed by atoms with Crippen LogP contribution >= 0.6 is 15.9 Å². The van der Waals surface area contributed by atoms with Crippen LogP contribution in [0.4, 0.5) is 0 Å². The molecule has 4 heteroatoms. The van der Waals surface area contributed by atoms with Crippen LogP contribution in [0.25, 0.3) is 0 Å². The van der Waals surface area contributed by atoms with Crippen LogP contribution in [0.1, 0.15) is 25.3 Å². The van der Waals surface area contributed by atoms with E-state index in [1.807, 2.05) is 24.3 Å². The van der Waals surface area contributed by atoms with Crippen LogP contribution in [0, 0.1) is 5.92 Å². The topological polar surface area (TPSA) is 38.3 Å². The number of alkyl halides is 1. The number of rotatable bonds is 5. The number of carbonyl (C=O) groups excluding carboxylic acids is 1. The monoisotopic (exact) mass is 325 g/mol. The molecule has 0 spiro atoms. The second kappa shape index (κ2) is 6.94. The third-order valence-corrected chi connectivity index (χ3v) is 3.79. The fourth-order valence-corrected chi connectivity index (χ4v) is 2.56. The third kappa shape index (κ3) is 4.23. The molecule has 1 N–H and O–H groups in total. The molecule has 104 valence electrons. The Morgan fingerprint density at radius 1 is 1.53 bits per heavy atom. The van der Waals surface area contributed by atoms with Gasteiger partial charge in [-0.05, 0) is 30.9 Å². The molecular formula is C15H20BrNO2. The van der Waals surface area contributed by atoms with Gasteiger partial charge in [-0.25, -0.2) is 0 Å². The standard InChI is InChI=1S/C15H20BrNO2/c1-11(16)5-4-8-17-15(18)13-9-12-6-2-3-7-14(12)19-10-13/h2-3,6-7,11,13H,4-5,8-10H2,1H3,(H,17,18). The van der Waals surface area contributed by atoms with E-state index >= 15 is 0 Å². The summed E-state index contributed by atoms with van der Waals surface area (Å²) in [4.78, 5) is 12.6. The first-order valence-electron chi connectivity index (χ1n) is 6.79. The van der Waals surface area contributed by atoms with E-state index in [4.69, 9.17) is 4.74 Å². The molecule has 0 fully saturated rings. The lowest BCUT2D eigenvalue weighted by atomic mass is 9.96. The number of nitrogens with one attached hydrogen (secondary N) is 1. The van der Waals surface area contributed by atoms with Gasteiger partial charge in [0, 0.05) is 11.4 Å². The summed E-state index contributed by atoms with van der Waals surface area (Å²) in [7, 11) is 0. The molecule has 2 unspecified atom stereocenters. The van der Waals surface area contributed by atoms with Gasteiger partial charge in [-0.15, -0.1) is 0 Å². The van der Waals surface area contributed by atoms with Crippen molar-refractivity contribution in [2.24, 2.45) is 5.92 Å². The predicted molar refractivity (Wildman–Crippen MR) is 79.8 cm³/mol. The van der Waals surface area contributed by atoms with Gasteiger partial charge in [0.15, 0.2) is 0 Å². The summed E-state index contributed by atoms with van der Waals surface area (Å²) in [5.41, 5.74) is 1.13. The van der Waals surface area contributed by atoms with E-state index < -0.39 is 0 Å². The molecule has 1 aromatic rings. The molecular weight excluding hydrogens is 306 g/mol. The number of hydrogen-bond donors (Lipinski definition) is 1. The van der Waals surface area contributed by atoms with Crippen molar-refractivity contribution in [1.29, 1.82) is 0 Å². The number of carbonyl (C=O) groups is 1. The molecule has 3 nitrogen and oxygen atoms in total. The van der Waals surface area contributed by atoms with Crippen molar-refractivity contribution in [3.05, 3.63) is 29.8 Å². The maximum atomic E-state index is 12.0. The molecule has 0 aromatic heterocycles. The molecule has 2 rings (SSSR count). The SMILES string of the molecule is CC(Br)CCCNC(=O)C1COc2ccccc2C1. The Hall–Kier alpha value is -1.03. The summed E-state index contributed by atoms with van der Waals surface area (Å²) in [5.74, 6) is 0.965. The second-order valence-corrected chi connectivity index (χ2v) is 6.60. The summed E-state index contributed by atoms with van der Waals surface area (Å²) < 4.78 is 5.63. The summed E-state index contributed by atoms with van der Waals surface area (Å²) in [6.07, 6.45) is 2.85. The van der Waals surface area contributed by atoms with E-state index in [1.54, 1.807) is 0 Å². The number of benzene rings is 1. The van der Waals surface area contributed by atoms with Gasteiger partial charge in [-0.2, -0.15) is 0 Å². The predicted octanol–water partition coefficient (Wildman–Crippen LogP) is 2.92. The van der Waals surface area contributed by atoms with Crippen LogP contribution in [-0.4, -0.2) is 23.9 Å². The van der Waals surface area contributed by atoms with Crippen molar-refractivity contribution in [3.8, 4) is 5.75 Å². The Kier molecular flexibility index (Phi) is 5.25. The number of fused-ring (bicyclic) bond motifs is 1. The van der Waals surface area contributed by atoms with E-state index in [2.05, 4.69) is 28.2 Å².